The van der Waals surface area contributed by atoms with Crippen LogP contribution in [0.5, 0.6) is 11.5 Å². The highest BCUT2D eigenvalue weighted by Gasteiger charge is 2.25. The summed E-state index contributed by atoms with van der Waals surface area (Å²) in [6.07, 6.45) is 0. The molecule has 0 atom stereocenters. The number of amides is 3. The van der Waals surface area contributed by atoms with E-state index in [2.05, 4.69) is 10.6 Å². The molecule has 6 nitrogen and oxygen atoms in total. The Hall–Kier alpha value is -3.51. The van der Waals surface area contributed by atoms with E-state index >= 15 is 0 Å². The van der Waals surface area contributed by atoms with Gasteiger partial charge in [-0.25, -0.2) is 4.79 Å². The van der Waals surface area contributed by atoms with Crippen molar-refractivity contribution in [3.8, 4) is 11.5 Å². The van der Waals surface area contributed by atoms with E-state index in [1.54, 1.807) is 55.6 Å². The first-order valence-corrected chi connectivity index (χ1v) is 8.91. The van der Waals surface area contributed by atoms with Crippen LogP contribution in [0.1, 0.15) is 10.4 Å². The maximum absolute atomic E-state index is 12.9. The van der Waals surface area contributed by atoms with E-state index in [1.165, 1.54) is 4.90 Å². The second-order valence-corrected chi connectivity index (χ2v) is 6.67. The molecule has 0 fully saturated rings. The lowest BCUT2D eigenvalue weighted by Gasteiger charge is -2.16. The van der Waals surface area contributed by atoms with Gasteiger partial charge in [-0.15, -0.1) is 0 Å². The van der Waals surface area contributed by atoms with E-state index in [0.29, 0.717) is 39.1 Å². The largest absolute Gasteiger partial charge is 0.454 e. The fraction of sp³-hybridized carbons (Fsp3) is 0.0476. The average molecular weight is 394 g/mol. The summed E-state index contributed by atoms with van der Waals surface area (Å²) < 4.78 is 5.91. The van der Waals surface area contributed by atoms with Crippen molar-refractivity contribution in [1.29, 1.82) is 0 Å². The Morgan fingerprint density at radius 2 is 1.68 bits per heavy atom. The van der Waals surface area contributed by atoms with Crippen LogP contribution in [0.4, 0.5) is 21.9 Å². The van der Waals surface area contributed by atoms with Crippen molar-refractivity contribution in [3.63, 3.8) is 0 Å². The molecule has 1 heterocycles. The second kappa shape index (κ2) is 7.25. The van der Waals surface area contributed by atoms with Gasteiger partial charge in [0, 0.05) is 23.4 Å². The molecular weight excluding hydrogens is 378 g/mol. The van der Waals surface area contributed by atoms with Crippen molar-refractivity contribution >= 4 is 40.6 Å². The highest BCUT2D eigenvalue weighted by molar-refractivity contribution is 6.30. The topological polar surface area (TPSA) is 70.7 Å². The summed E-state index contributed by atoms with van der Waals surface area (Å²) in [5.74, 6) is 0.804. The van der Waals surface area contributed by atoms with Gasteiger partial charge in [-0.1, -0.05) is 29.8 Å². The summed E-state index contributed by atoms with van der Waals surface area (Å²) in [6, 6.07) is 18.6. The zero-order chi connectivity index (χ0) is 19.7. The van der Waals surface area contributed by atoms with Gasteiger partial charge in [-0.3, -0.25) is 4.79 Å². The number of carbonyl (C=O) groups is 2. The van der Waals surface area contributed by atoms with Crippen molar-refractivity contribution in [1.82, 2.24) is 0 Å². The van der Waals surface area contributed by atoms with E-state index in [9.17, 15) is 9.59 Å². The van der Waals surface area contributed by atoms with Gasteiger partial charge in [0.1, 0.15) is 5.75 Å². The summed E-state index contributed by atoms with van der Waals surface area (Å²) in [6.45, 7) is 0. The lowest BCUT2D eigenvalue weighted by molar-refractivity contribution is 0.0993. The normalized spacial score (nSPS) is 12.4. The first-order chi connectivity index (χ1) is 13.5. The zero-order valence-electron chi connectivity index (χ0n) is 14.9. The fourth-order valence-corrected chi connectivity index (χ4v) is 3.14. The lowest BCUT2D eigenvalue weighted by atomic mass is 10.1. The van der Waals surface area contributed by atoms with Gasteiger partial charge < -0.3 is 20.3 Å². The predicted molar refractivity (Wildman–Crippen MR) is 110 cm³/mol. The number of urea groups is 1. The van der Waals surface area contributed by atoms with E-state index < -0.39 is 6.03 Å². The van der Waals surface area contributed by atoms with Crippen molar-refractivity contribution < 1.29 is 14.3 Å². The Balaban J connectivity index is 1.57. The highest BCUT2D eigenvalue weighted by atomic mass is 35.5. The van der Waals surface area contributed by atoms with Crippen LogP contribution in [-0.4, -0.2) is 19.0 Å². The number of ether oxygens (including phenoxy) is 1. The molecule has 0 unspecified atom stereocenters. The summed E-state index contributed by atoms with van der Waals surface area (Å²) in [5.41, 5.74) is 2.07. The van der Waals surface area contributed by atoms with Crippen LogP contribution in [-0.2, 0) is 0 Å². The number of nitrogens with one attached hydrogen (secondary N) is 2. The van der Waals surface area contributed by atoms with E-state index in [-0.39, 0.29) is 5.91 Å². The minimum atomic E-state index is -0.444. The number of hydrogen-bond donors (Lipinski definition) is 2. The van der Waals surface area contributed by atoms with Gasteiger partial charge in [0.15, 0.2) is 5.75 Å². The number of fused-ring (bicyclic) bond motifs is 2. The molecule has 1 aliphatic heterocycles. The van der Waals surface area contributed by atoms with Crippen molar-refractivity contribution in [3.05, 3.63) is 77.3 Å². The smallest absolute Gasteiger partial charge is 0.323 e. The molecule has 2 N–H and O–H groups in total. The van der Waals surface area contributed by atoms with Gasteiger partial charge in [-0.2, -0.15) is 0 Å². The van der Waals surface area contributed by atoms with Crippen LogP contribution in [0.3, 0.4) is 0 Å². The fourth-order valence-electron chi connectivity index (χ4n) is 2.95. The highest BCUT2D eigenvalue weighted by Crippen LogP contribution is 2.38. The number of anilines is 3. The first-order valence-electron chi connectivity index (χ1n) is 8.54. The predicted octanol–water partition coefficient (Wildman–Crippen LogP) is 5.37. The van der Waals surface area contributed by atoms with Gasteiger partial charge in [0.25, 0.3) is 5.91 Å². The number of halogens is 1. The molecule has 0 spiro atoms. The quantitative estimate of drug-likeness (QED) is 0.615. The summed E-state index contributed by atoms with van der Waals surface area (Å²) in [4.78, 5) is 26.7. The summed E-state index contributed by atoms with van der Waals surface area (Å²) in [5, 5.41) is 5.94. The maximum Gasteiger partial charge on any atom is 0.323 e. The minimum Gasteiger partial charge on any atom is -0.454 e. The molecular formula is C21H16ClN3O3. The van der Waals surface area contributed by atoms with Crippen molar-refractivity contribution in [2.45, 2.75) is 0 Å². The number of para-hydroxylation sites is 2. The number of hydrogen-bond acceptors (Lipinski definition) is 3. The van der Waals surface area contributed by atoms with Crippen LogP contribution in [0.25, 0.3) is 0 Å². The van der Waals surface area contributed by atoms with Gasteiger partial charge in [-0.05, 0) is 48.5 Å². The van der Waals surface area contributed by atoms with Gasteiger partial charge in [0.2, 0.25) is 0 Å². The third-order valence-corrected chi connectivity index (χ3v) is 4.54. The SMILES string of the molecule is CN1C(=O)c2cc(NC(=O)Nc3cccc(Cl)c3)ccc2Oc2ccccc21. The molecule has 1 aliphatic rings. The van der Waals surface area contributed by atoms with Crippen LogP contribution in [0.15, 0.2) is 66.7 Å². The number of carbonyl (C=O) groups excluding carboxylic acids is 2. The molecule has 0 aromatic heterocycles. The van der Waals surface area contributed by atoms with Crippen LogP contribution in [0.2, 0.25) is 5.02 Å². The Kier molecular flexibility index (Phi) is 4.63. The molecule has 3 aromatic carbocycles. The van der Waals surface area contributed by atoms with Crippen LogP contribution >= 0.6 is 11.6 Å². The van der Waals surface area contributed by atoms with Gasteiger partial charge >= 0.3 is 6.03 Å². The van der Waals surface area contributed by atoms with Crippen LogP contribution < -0.4 is 20.3 Å². The maximum atomic E-state index is 12.9. The molecule has 3 amide bonds. The number of nitrogens with zero attached hydrogens (tertiary/aromatic N) is 1. The molecule has 0 saturated carbocycles. The third kappa shape index (κ3) is 3.50. The molecule has 0 bridgehead atoms. The molecule has 4 rings (SSSR count). The molecule has 3 aromatic rings. The number of rotatable bonds is 2. The molecule has 0 aliphatic carbocycles. The zero-order valence-corrected chi connectivity index (χ0v) is 15.7. The van der Waals surface area contributed by atoms with Crippen molar-refractivity contribution in [2.24, 2.45) is 0 Å². The monoisotopic (exact) mass is 393 g/mol. The Bertz CT molecular complexity index is 1080. The molecule has 28 heavy (non-hydrogen) atoms. The van der Waals surface area contributed by atoms with Gasteiger partial charge in [0.05, 0.1) is 11.3 Å². The molecule has 0 saturated heterocycles. The number of benzene rings is 3. The summed E-state index contributed by atoms with van der Waals surface area (Å²) in [7, 11) is 1.69. The molecule has 0 radical (unpaired) electrons. The standard InChI is InChI=1S/C21H16ClN3O3/c1-25-17-7-2-3-8-19(17)28-18-10-9-15(12-16(18)20(25)26)24-21(27)23-14-6-4-5-13(22)11-14/h2-12H,1H3,(H2,23,24,27). The Morgan fingerprint density at radius 1 is 0.929 bits per heavy atom. The van der Waals surface area contributed by atoms with Crippen molar-refractivity contribution in [2.75, 3.05) is 22.6 Å². The molecule has 7 heteroatoms. The Labute approximate surface area is 166 Å². The van der Waals surface area contributed by atoms with Crippen LogP contribution in [0, 0.1) is 0 Å². The minimum absolute atomic E-state index is 0.223. The Morgan fingerprint density at radius 3 is 2.46 bits per heavy atom. The first kappa shape index (κ1) is 17.9. The third-order valence-electron chi connectivity index (χ3n) is 4.30. The average Bonchev–Trinajstić information content (AvgIpc) is 2.78. The second-order valence-electron chi connectivity index (χ2n) is 6.23. The van der Waals surface area contributed by atoms with E-state index in [4.69, 9.17) is 16.3 Å². The summed E-state index contributed by atoms with van der Waals surface area (Å²) >= 11 is 5.92. The lowest BCUT2D eigenvalue weighted by Crippen LogP contribution is -2.25. The van der Waals surface area contributed by atoms with E-state index in [1.807, 2.05) is 18.2 Å². The van der Waals surface area contributed by atoms with E-state index in [0.717, 1.165) is 0 Å². The molecule has 140 valence electrons.